The van der Waals surface area contributed by atoms with E-state index in [1.165, 1.54) is 18.2 Å². The van der Waals surface area contributed by atoms with Gasteiger partial charge in [0.2, 0.25) is 10.0 Å². The molecule has 0 heterocycles. The van der Waals surface area contributed by atoms with Gasteiger partial charge < -0.3 is 4.90 Å². The van der Waals surface area contributed by atoms with Crippen LogP contribution in [0.25, 0.3) is 0 Å². The molecule has 1 N–H and O–H groups in total. The van der Waals surface area contributed by atoms with Crippen molar-refractivity contribution in [2.45, 2.75) is 18.2 Å². The van der Waals surface area contributed by atoms with Gasteiger partial charge in [-0.2, -0.15) is 0 Å². The number of para-hydroxylation sites is 1. The number of hydrogen-bond donors (Lipinski definition) is 1. The number of hydrogen-bond acceptors (Lipinski definition) is 3. The van der Waals surface area contributed by atoms with Gasteiger partial charge in [-0.25, -0.2) is 17.5 Å². The maximum Gasteiger partial charge on any atom is 0.243 e. The number of halogens is 1. The molecule has 0 amide bonds. The normalized spacial score (nSPS) is 11.4. The average molecular weight is 336 g/mol. The van der Waals surface area contributed by atoms with Crippen molar-refractivity contribution in [1.29, 1.82) is 0 Å². The van der Waals surface area contributed by atoms with Gasteiger partial charge in [-0.3, -0.25) is 0 Å². The van der Waals surface area contributed by atoms with Crippen LogP contribution >= 0.6 is 0 Å². The second kappa shape index (κ2) is 8.08. The highest BCUT2D eigenvalue weighted by Gasteiger charge is 2.17. The van der Waals surface area contributed by atoms with Crippen LogP contribution in [0.1, 0.15) is 13.3 Å². The van der Waals surface area contributed by atoms with Gasteiger partial charge >= 0.3 is 0 Å². The smallest absolute Gasteiger partial charge is 0.243 e. The third-order valence-corrected chi connectivity index (χ3v) is 5.02. The third-order valence-electron chi connectivity index (χ3n) is 3.53. The third kappa shape index (κ3) is 4.77. The Kier molecular flexibility index (Phi) is 6.12. The molecule has 0 radical (unpaired) electrons. The Morgan fingerprint density at radius 3 is 2.35 bits per heavy atom. The molecule has 23 heavy (non-hydrogen) atoms. The fraction of sp³-hybridized carbons (Fsp3) is 0.294. The summed E-state index contributed by atoms with van der Waals surface area (Å²) in [7, 11) is -3.80. The van der Waals surface area contributed by atoms with Crippen molar-refractivity contribution in [2.24, 2.45) is 0 Å². The van der Waals surface area contributed by atoms with E-state index in [-0.39, 0.29) is 11.4 Å². The molecule has 124 valence electrons. The topological polar surface area (TPSA) is 49.4 Å². The van der Waals surface area contributed by atoms with Crippen molar-refractivity contribution < 1.29 is 12.8 Å². The summed E-state index contributed by atoms with van der Waals surface area (Å²) in [6, 6.07) is 15.3. The van der Waals surface area contributed by atoms with Crippen LogP contribution in [0.5, 0.6) is 0 Å². The van der Waals surface area contributed by atoms with Crippen molar-refractivity contribution in [2.75, 3.05) is 24.5 Å². The maximum atomic E-state index is 13.6. The Bertz CT molecular complexity index is 720. The lowest BCUT2D eigenvalue weighted by Crippen LogP contribution is -2.30. The Balaban J connectivity index is 1.88. The first-order chi connectivity index (χ1) is 11.0. The molecule has 2 rings (SSSR count). The Morgan fingerprint density at radius 1 is 1.04 bits per heavy atom. The van der Waals surface area contributed by atoms with Crippen LogP contribution in [0, 0.1) is 5.82 Å². The first-order valence-corrected chi connectivity index (χ1v) is 9.07. The van der Waals surface area contributed by atoms with E-state index >= 15 is 0 Å². The predicted octanol–water partition coefficient (Wildman–Crippen LogP) is 3.02. The molecular weight excluding hydrogens is 315 g/mol. The van der Waals surface area contributed by atoms with E-state index < -0.39 is 15.8 Å². The molecule has 0 aromatic heterocycles. The molecule has 0 bridgehead atoms. The maximum absolute atomic E-state index is 13.6. The Morgan fingerprint density at radius 2 is 1.70 bits per heavy atom. The predicted molar refractivity (Wildman–Crippen MR) is 90.5 cm³/mol. The lowest BCUT2D eigenvalue weighted by atomic mass is 10.2. The summed E-state index contributed by atoms with van der Waals surface area (Å²) >= 11 is 0. The number of nitrogens with zero attached hydrogens (tertiary/aromatic N) is 1. The average Bonchev–Trinajstić information content (AvgIpc) is 2.56. The first-order valence-electron chi connectivity index (χ1n) is 7.59. The zero-order valence-corrected chi connectivity index (χ0v) is 13.9. The fourth-order valence-corrected chi connectivity index (χ4v) is 3.48. The van der Waals surface area contributed by atoms with Crippen molar-refractivity contribution >= 4 is 15.7 Å². The molecule has 0 aliphatic heterocycles. The molecule has 0 atom stereocenters. The molecular formula is C17H21FN2O2S. The SMILES string of the molecule is CCN(CCCNS(=O)(=O)c1ccccc1F)c1ccccc1. The van der Waals surface area contributed by atoms with E-state index in [2.05, 4.69) is 16.5 Å². The highest BCUT2D eigenvalue weighted by molar-refractivity contribution is 7.89. The standard InChI is InChI=1S/C17H21FN2O2S/c1-2-20(15-9-4-3-5-10-15)14-8-13-19-23(21,22)17-12-7-6-11-16(17)18/h3-7,9-12,19H,2,8,13-14H2,1H3. The molecule has 0 unspecified atom stereocenters. The minimum absolute atomic E-state index is 0.264. The van der Waals surface area contributed by atoms with Crippen molar-refractivity contribution in [3.63, 3.8) is 0 Å². The minimum atomic E-state index is -3.80. The molecule has 4 nitrogen and oxygen atoms in total. The van der Waals surface area contributed by atoms with E-state index in [1.807, 2.05) is 30.3 Å². The summed E-state index contributed by atoms with van der Waals surface area (Å²) in [5.41, 5.74) is 1.10. The molecule has 0 aliphatic rings. The van der Waals surface area contributed by atoms with Crippen LogP contribution in [0.2, 0.25) is 0 Å². The number of rotatable bonds is 8. The molecule has 0 saturated heterocycles. The zero-order chi connectivity index (χ0) is 16.7. The quantitative estimate of drug-likeness (QED) is 0.754. The summed E-state index contributed by atoms with van der Waals surface area (Å²) in [6.07, 6.45) is 0.635. The van der Waals surface area contributed by atoms with Gasteiger partial charge in [0.05, 0.1) is 0 Å². The largest absolute Gasteiger partial charge is 0.372 e. The van der Waals surface area contributed by atoms with E-state index in [4.69, 9.17) is 0 Å². The Labute approximate surface area is 137 Å². The van der Waals surface area contributed by atoms with Crippen LogP contribution in [-0.4, -0.2) is 28.1 Å². The summed E-state index contributed by atoms with van der Waals surface area (Å²) in [4.78, 5) is 1.85. The second-order valence-corrected chi connectivity index (χ2v) is 6.83. The summed E-state index contributed by atoms with van der Waals surface area (Å²) in [6.45, 7) is 3.88. The van der Waals surface area contributed by atoms with Crippen molar-refractivity contribution in [3.05, 3.63) is 60.4 Å². The second-order valence-electron chi connectivity index (χ2n) is 5.10. The molecule has 0 spiro atoms. The van der Waals surface area contributed by atoms with Gasteiger partial charge in [0, 0.05) is 25.3 Å². The molecule has 2 aromatic rings. The van der Waals surface area contributed by atoms with E-state index in [9.17, 15) is 12.8 Å². The van der Waals surface area contributed by atoms with Gasteiger partial charge in [-0.05, 0) is 37.6 Å². The van der Waals surface area contributed by atoms with E-state index in [0.29, 0.717) is 6.42 Å². The van der Waals surface area contributed by atoms with Crippen molar-refractivity contribution in [1.82, 2.24) is 4.72 Å². The summed E-state index contributed by atoms with van der Waals surface area (Å²) in [5.74, 6) is -0.737. The highest BCUT2D eigenvalue weighted by atomic mass is 32.2. The zero-order valence-electron chi connectivity index (χ0n) is 13.1. The van der Waals surface area contributed by atoms with Gasteiger partial charge in [-0.15, -0.1) is 0 Å². The number of nitrogens with one attached hydrogen (secondary N) is 1. The van der Waals surface area contributed by atoms with Gasteiger partial charge in [0.1, 0.15) is 10.7 Å². The summed E-state index contributed by atoms with van der Waals surface area (Å²) in [5, 5.41) is 0. The van der Waals surface area contributed by atoms with Crippen LogP contribution in [0.15, 0.2) is 59.5 Å². The highest BCUT2D eigenvalue weighted by Crippen LogP contribution is 2.14. The van der Waals surface area contributed by atoms with Crippen molar-refractivity contribution in [3.8, 4) is 0 Å². The number of anilines is 1. The van der Waals surface area contributed by atoms with Crippen LogP contribution in [-0.2, 0) is 10.0 Å². The Hall–Kier alpha value is -1.92. The fourth-order valence-electron chi connectivity index (χ4n) is 2.33. The van der Waals surface area contributed by atoms with Gasteiger partial charge in [0.15, 0.2) is 0 Å². The summed E-state index contributed by atoms with van der Waals surface area (Å²) < 4.78 is 40.2. The van der Waals surface area contributed by atoms with Crippen LogP contribution < -0.4 is 9.62 Å². The lowest BCUT2D eigenvalue weighted by Gasteiger charge is -2.23. The number of benzene rings is 2. The minimum Gasteiger partial charge on any atom is -0.372 e. The van der Waals surface area contributed by atoms with E-state index in [1.54, 1.807) is 0 Å². The number of sulfonamides is 1. The molecule has 0 saturated carbocycles. The lowest BCUT2D eigenvalue weighted by molar-refractivity contribution is 0.555. The molecule has 0 aliphatic carbocycles. The monoisotopic (exact) mass is 336 g/mol. The van der Waals surface area contributed by atoms with E-state index in [0.717, 1.165) is 24.8 Å². The molecule has 6 heteroatoms. The van der Waals surface area contributed by atoms with Gasteiger partial charge in [-0.1, -0.05) is 30.3 Å². The van der Waals surface area contributed by atoms with Crippen LogP contribution in [0.4, 0.5) is 10.1 Å². The molecule has 0 fully saturated rings. The van der Waals surface area contributed by atoms with Gasteiger partial charge in [0.25, 0.3) is 0 Å². The van der Waals surface area contributed by atoms with Crippen LogP contribution in [0.3, 0.4) is 0 Å². The first kappa shape index (κ1) is 17.4. The molecule has 2 aromatic carbocycles.